The quantitative estimate of drug-likeness (QED) is 0.840. The number of amides is 1. The van der Waals surface area contributed by atoms with E-state index in [4.69, 9.17) is 4.74 Å². The highest BCUT2D eigenvalue weighted by atomic mass is 16.6. The zero-order valence-corrected chi connectivity index (χ0v) is 13.7. The first kappa shape index (κ1) is 18.0. The summed E-state index contributed by atoms with van der Waals surface area (Å²) >= 11 is 0. The first-order valence-electron chi connectivity index (χ1n) is 7.57. The fourth-order valence-corrected chi connectivity index (χ4v) is 2.31. The van der Waals surface area contributed by atoms with Crippen LogP contribution in [-0.4, -0.2) is 41.3 Å². The van der Waals surface area contributed by atoms with E-state index in [1.165, 1.54) is 4.90 Å². The molecule has 122 valence electrons. The van der Waals surface area contributed by atoms with Crippen LogP contribution < -0.4 is 0 Å². The standard InChI is InChI=1S/C17H25NO4/c1-5-22-17(21)18(11-12(2)3)15(16(19)20)10-14-9-7-6-8-13(14)4/h6-9,12,15H,5,10-11H2,1-4H3,(H,19,20). The number of carbonyl (C=O) groups excluding carboxylic acids is 1. The molecule has 1 aromatic carbocycles. The Labute approximate surface area is 131 Å². The fourth-order valence-electron chi connectivity index (χ4n) is 2.31. The summed E-state index contributed by atoms with van der Waals surface area (Å²) in [6.45, 7) is 8.11. The van der Waals surface area contributed by atoms with E-state index < -0.39 is 18.1 Å². The molecule has 1 aromatic rings. The van der Waals surface area contributed by atoms with Crippen molar-refractivity contribution in [2.45, 2.75) is 40.2 Å². The molecule has 1 amide bonds. The number of benzene rings is 1. The van der Waals surface area contributed by atoms with Gasteiger partial charge in [0.25, 0.3) is 0 Å². The number of hydrogen-bond acceptors (Lipinski definition) is 3. The Balaban J connectivity index is 3.05. The van der Waals surface area contributed by atoms with Gasteiger partial charge in [-0.25, -0.2) is 9.59 Å². The third-order valence-corrected chi connectivity index (χ3v) is 3.40. The van der Waals surface area contributed by atoms with Gasteiger partial charge in [-0.3, -0.25) is 4.90 Å². The van der Waals surface area contributed by atoms with Gasteiger partial charge in [0.1, 0.15) is 6.04 Å². The van der Waals surface area contributed by atoms with Crippen LogP contribution in [0.4, 0.5) is 4.79 Å². The van der Waals surface area contributed by atoms with E-state index in [0.717, 1.165) is 11.1 Å². The number of carboxylic acid groups (broad SMARTS) is 1. The van der Waals surface area contributed by atoms with Crippen molar-refractivity contribution in [2.75, 3.05) is 13.2 Å². The summed E-state index contributed by atoms with van der Waals surface area (Å²) in [6.07, 6.45) is -0.301. The van der Waals surface area contributed by atoms with Crippen LogP contribution in [0.3, 0.4) is 0 Å². The number of ether oxygens (including phenoxy) is 1. The lowest BCUT2D eigenvalue weighted by atomic mass is 9.99. The molecular weight excluding hydrogens is 282 g/mol. The molecule has 0 heterocycles. The number of carboxylic acids is 1. The van der Waals surface area contributed by atoms with Gasteiger partial charge in [0, 0.05) is 13.0 Å². The summed E-state index contributed by atoms with van der Waals surface area (Å²) in [4.78, 5) is 25.2. The highest BCUT2D eigenvalue weighted by Gasteiger charge is 2.31. The number of rotatable bonds is 7. The van der Waals surface area contributed by atoms with E-state index >= 15 is 0 Å². The Kier molecular flexibility index (Phi) is 6.89. The van der Waals surface area contributed by atoms with Gasteiger partial charge < -0.3 is 9.84 Å². The Morgan fingerprint density at radius 2 is 1.91 bits per heavy atom. The molecule has 0 saturated heterocycles. The topological polar surface area (TPSA) is 66.8 Å². The van der Waals surface area contributed by atoms with Crippen molar-refractivity contribution < 1.29 is 19.4 Å². The summed E-state index contributed by atoms with van der Waals surface area (Å²) in [5.41, 5.74) is 1.94. The van der Waals surface area contributed by atoms with Gasteiger partial charge >= 0.3 is 12.1 Å². The lowest BCUT2D eigenvalue weighted by Crippen LogP contribution is -2.48. The van der Waals surface area contributed by atoms with Crippen molar-refractivity contribution in [1.29, 1.82) is 0 Å². The zero-order chi connectivity index (χ0) is 16.7. The van der Waals surface area contributed by atoms with E-state index in [1.807, 2.05) is 45.0 Å². The molecular formula is C17H25NO4. The molecule has 1 N–H and O–H groups in total. The van der Waals surface area contributed by atoms with Gasteiger partial charge in [-0.15, -0.1) is 0 Å². The van der Waals surface area contributed by atoms with Crippen LogP contribution in [0.25, 0.3) is 0 Å². The number of carbonyl (C=O) groups is 2. The van der Waals surface area contributed by atoms with Crippen molar-refractivity contribution in [3.63, 3.8) is 0 Å². The lowest BCUT2D eigenvalue weighted by molar-refractivity contribution is -0.142. The second-order valence-electron chi connectivity index (χ2n) is 5.73. The zero-order valence-electron chi connectivity index (χ0n) is 13.7. The highest BCUT2D eigenvalue weighted by molar-refractivity contribution is 5.80. The first-order chi connectivity index (χ1) is 10.4. The number of hydrogen-bond donors (Lipinski definition) is 1. The summed E-state index contributed by atoms with van der Waals surface area (Å²) < 4.78 is 5.03. The third kappa shape index (κ3) is 5.06. The molecule has 0 spiro atoms. The van der Waals surface area contributed by atoms with Gasteiger partial charge in [-0.05, 0) is 30.9 Å². The van der Waals surface area contributed by atoms with Crippen LogP contribution in [0.1, 0.15) is 31.9 Å². The van der Waals surface area contributed by atoms with Crippen LogP contribution in [0, 0.1) is 12.8 Å². The molecule has 1 rings (SSSR count). The van der Waals surface area contributed by atoms with Gasteiger partial charge in [-0.1, -0.05) is 38.1 Å². The molecule has 5 heteroatoms. The van der Waals surface area contributed by atoms with Crippen LogP contribution >= 0.6 is 0 Å². The molecule has 0 fully saturated rings. The van der Waals surface area contributed by atoms with E-state index in [0.29, 0.717) is 6.54 Å². The molecule has 1 unspecified atom stereocenters. The Hall–Kier alpha value is -2.04. The van der Waals surface area contributed by atoms with E-state index in [9.17, 15) is 14.7 Å². The van der Waals surface area contributed by atoms with Crippen molar-refractivity contribution in [3.05, 3.63) is 35.4 Å². The molecule has 0 aliphatic rings. The third-order valence-electron chi connectivity index (χ3n) is 3.40. The van der Waals surface area contributed by atoms with Crippen LogP contribution in [0.15, 0.2) is 24.3 Å². The maximum atomic E-state index is 12.1. The Morgan fingerprint density at radius 1 is 1.27 bits per heavy atom. The van der Waals surface area contributed by atoms with Crippen molar-refractivity contribution in [1.82, 2.24) is 4.90 Å². The monoisotopic (exact) mass is 307 g/mol. The Morgan fingerprint density at radius 3 is 2.41 bits per heavy atom. The minimum absolute atomic E-state index is 0.156. The molecule has 0 aromatic heterocycles. The van der Waals surface area contributed by atoms with Gasteiger partial charge in [0.2, 0.25) is 0 Å². The van der Waals surface area contributed by atoms with Crippen molar-refractivity contribution >= 4 is 12.1 Å². The molecule has 0 aliphatic carbocycles. The lowest BCUT2D eigenvalue weighted by Gasteiger charge is -2.30. The number of aliphatic carboxylic acids is 1. The maximum Gasteiger partial charge on any atom is 0.410 e. The Bertz CT molecular complexity index is 513. The number of aryl methyl sites for hydroxylation is 1. The molecule has 1 atom stereocenters. The minimum atomic E-state index is -1.02. The normalized spacial score (nSPS) is 12.0. The second-order valence-corrected chi connectivity index (χ2v) is 5.73. The smallest absolute Gasteiger partial charge is 0.410 e. The second kappa shape index (κ2) is 8.41. The summed E-state index contributed by atoms with van der Waals surface area (Å²) in [6, 6.07) is 6.68. The summed E-state index contributed by atoms with van der Waals surface area (Å²) in [5, 5.41) is 9.58. The molecule has 5 nitrogen and oxygen atoms in total. The van der Waals surface area contributed by atoms with Gasteiger partial charge in [0.05, 0.1) is 6.61 Å². The average Bonchev–Trinajstić information content (AvgIpc) is 2.44. The highest BCUT2D eigenvalue weighted by Crippen LogP contribution is 2.16. The average molecular weight is 307 g/mol. The van der Waals surface area contributed by atoms with Crippen molar-refractivity contribution in [2.24, 2.45) is 5.92 Å². The van der Waals surface area contributed by atoms with Crippen LogP contribution in [0.5, 0.6) is 0 Å². The predicted molar refractivity (Wildman–Crippen MR) is 84.9 cm³/mol. The summed E-state index contributed by atoms with van der Waals surface area (Å²) in [7, 11) is 0. The van der Waals surface area contributed by atoms with E-state index in [1.54, 1.807) is 6.92 Å². The van der Waals surface area contributed by atoms with Crippen molar-refractivity contribution in [3.8, 4) is 0 Å². The van der Waals surface area contributed by atoms with Gasteiger partial charge in [0.15, 0.2) is 0 Å². The molecule has 0 aliphatic heterocycles. The molecule has 0 radical (unpaired) electrons. The first-order valence-corrected chi connectivity index (χ1v) is 7.57. The van der Waals surface area contributed by atoms with E-state index in [-0.39, 0.29) is 18.9 Å². The summed E-state index contributed by atoms with van der Waals surface area (Å²) in [5.74, 6) is -0.861. The molecule has 22 heavy (non-hydrogen) atoms. The minimum Gasteiger partial charge on any atom is -0.480 e. The largest absolute Gasteiger partial charge is 0.480 e. The fraction of sp³-hybridized carbons (Fsp3) is 0.529. The molecule has 0 saturated carbocycles. The molecule has 0 bridgehead atoms. The predicted octanol–water partition coefficient (Wildman–Crippen LogP) is 3.11. The SMILES string of the molecule is CCOC(=O)N(CC(C)C)C(Cc1ccccc1C)C(=O)O. The van der Waals surface area contributed by atoms with E-state index in [2.05, 4.69) is 0 Å². The number of nitrogens with zero attached hydrogens (tertiary/aromatic N) is 1. The maximum absolute atomic E-state index is 12.1. The van der Waals surface area contributed by atoms with Gasteiger partial charge in [-0.2, -0.15) is 0 Å². The van der Waals surface area contributed by atoms with Crippen LogP contribution in [0.2, 0.25) is 0 Å². The van der Waals surface area contributed by atoms with Crippen LogP contribution in [-0.2, 0) is 16.0 Å².